The number of ether oxygens (including phenoxy) is 1. The third kappa shape index (κ3) is 9.60. The molecule has 4 nitrogen and oxygen atoms in total. The van der Waals surface area contributed by atoms with E-state index in [1.165, 1.54) is 0 Å². The molecule has 0 saturated carbocycles. The first kappa shape index (κ1) is 13.2. The Morgan fingerprint density at radius 1 is 1.45 bits per heavy atom. The largest absolute Gasteiger partial charge is 0.478 e. The molecule has 0 aromatic carbocycles. The molecule has 0 aliphatic rings. The molecule has 59 valence electrons. The summed E-state index contributed by atoms with van der Waals surface area (Å²) < 4.78 is 4.40. The van der Waals surface area contributed by atoms with Crippen molar-refractivity contribution in [1.29, 1.82) is 0 Å². The van der Waals surface area contributed by atoms with Crippen LogP contribution in [0, 0.1) is 0 Å². The van der Waals surface area contributed by atoms with Gasteiger partial charge in [-0.05, 0) is 6.92 Å². The molecule has 1 N–H and O–H groups in total. The van der Waals surface area contributed by atoms with E-state index in [4.69, 9.17) is 5.11 Å². The number of hydrogen-bond acceptors (Lipinski definition) is 3. The summed E-state index contributed by atoms with van der Waals surface area (Å²) in [4.78, 5) is 20.2. The van der Waals surface area contributed by atoms with Gasteiger partial charge >= 0.3 is 11.9 Å². The number of hydrogen-bond donors (Lipinski definition) is 1. The standard InChI is InChI=1S/C6H8O4.Tl/c1-2-10-6(9)4-3-5(7)8;/h3-4H,2H2,1H3,(H,7,8);. The molecule has 0 saturated heterocycles. The van der Waals surface area contributed by atoms with E-state index in [0.717, 1.165) is 12.2 Å². The molecule has 0 heterocycles. The normalized spacial score (nSPS) is 8.82. The summed E-state index contributed by atoms with van der Waals surface area (Å²) in [6, 6.07) is 0. The molecule has 0 aliphatic carbocycles. The number of carboxylic acids is 1. The molecule has 0 aliphatic heterocycles. The summed E-state index contributed by atoms with van der Waals surface area (Å²) in [5.74, 6) is -1.79. The van der Waals surface area contributed by atoms with Crippen molar-refractivity contribution in [1.82, 2.24) is 0 Å². The second-order valence-corrected chi connectivity index (χ2v) is 1.42. The van der Waals surface area contributed by atoms with Gasteiger partial charge in [0.1, 0.15) is 0 Å². The number of carbonyl (C=O) groups is 2. The van der Waals surface area contributed by atoms with Gasteiger partial charge in [0.05, 0.1) is 6.61 Å². The van der Waals surface area contributed by atoms with Crippen molar-refractivity contribution in [2.24, 2.45) is 0 Å². The second kappa shape index (κ2) is 7.71. The molecule has 0 fully saturated rings. The van der Waals surface area contributed by atoms with Crippen LogP contribution in [0.2, 0.25) is 0 Å². The average molecular weight is 349 g/mol. The molecule has 0 aromatic rings. The van der Waals surface area contributed by atoms with Gasteiger partial charge in [-0.3, -0.25) is 0 Å². The van der Waals surface area contributed by atoms with Crippen molar-refractivity contribution in [3.05, 3.63) is 12.2 Å². The molecule has 0 spiro atoms. The van der Waals surface area contributed by atoms with Gasteiger partial charge in [-0.2, -0.15) is 0 Å². The van der Waals surface area contributed by atoms with Gasteiger partial charge in [0, 0.05) is 39.5 Å². The fraction of sp³-hybridized carbons (Fsp3) is 0.333. The number of rotatable bonds is 3. The minimum absolute atomic E-state index is 0. The average Bonchev–Trinajstić information content (AvgIpc) is 1.85. The smallest absolute Gasteiger partial charge is 0.330 e. The molecule has 0 amide bonds. The Morgan fingerprint density at radius 3 is 2.36 bits per heavy atom. The van der Waals surface area contributed by atoms with E-state index in [1.54, 1.807) is 6.92 Å². The van der Waals surface area contributed by atoms with E-state index < -0.39 is 11.9 Å². The fourth-order valence-electron chi connectivity index (χ4n) is 0.330. The number of carboxylic acid groups (broad SMARTS) is 1. The van der Waals surface area contributed by atoms with E-state index in [0.29, 0.717) is 0 Å². The summed E-state index contributed by atoms with van der Waals surface area (Å²) in [6.07, 6.45) is 1.60. The van der Waals surface area contributed by atoms with Crippen LogP contribution in [0.5, 0.6) is 0 Å². The maximum Gasteiger partial charge on any atom is 0.330 e. The summed E-state index contributed by atoms with van der Waals surface area (Å²) in [5, 5.41) is 8.04. The summed E-state index contributed by atoms with van der Waals surface area (Å²) >= 11 is 0. The molecule has 0 aromatic heterocycles. The Hall–Kier alpha value is -0.398. The van der Waals surface area contributed by atoms with Crippen molar-refractivity contribution in [3.8, 4) is 0 Å². The van der Waals surface area contributed by atoms with Crippen LogP contribution in [0.15, 0.2) is 12.2 Å². The predicted octanol–water partition coefficient (Wildman–Crippen LogP) is -0.190. The maximum atomic E-state index is 10.4. The predicted molar refractivity (Wildman–Crippen MR) is 39.2 cm³/mol. The van der Waals surface area contributed by atoms with Gasteiger partial charge in [-0.25, -0.2) is 9.59 Å². The molecule has 5 heteroatoms. The SMILES string of the molecule is CCOC(=O)C=CC(=O)O.[Tl]. The van der Waals surface area contributed by atoms with Crippen LogP contribution in [-0.2, 0) is 14.3 Å². The Bertz CT molecular complexity index is 164. The van der Waals surface area contributed by atoms with Crippen LogP contribution in [0.4, 0.5) is 0 Å². The molecule has 0 bridgehead atoms. The zero-order chi connectivity index (χ0) is 7.98. The van der Waals surface area contributed by atoms with Crippen LogP contribution in [-0.4, -0.2) is 51.0 Å². The number of esters is 1. The molecular formula is C6H8O4Tl. The summed E-state index contributed by atoms with van der Waals surface area (Å²) in [7, 11) is 0. The molecular weight excluding hydrogens is 340 g/mol. The Kier molecular flexibility index (Phi) is 9.25. The summed E-state index contributed by atoms with van der Waals surface area (Å²) in [6.45, 7) is 1.90. The number of aliphatic carboxylic acids is 1. The van der Waals surface area contributed by atoms with E-state index >= 15 is 0 Å². The third-order valence-corrected chi connectivity index (χ3v) is 0.649. The van der Waals surface area contributed by atoms with Gasteiger partial charge in [-0.1, -0.05) is 0 Å². The summed E-state index contributed by atoms with van der Waals surface area (Å²) in [5.41, 5.74) is 0. The van der Waals surface area contributed by atoms with Crippen molar-refractivity contribution >= 4 is 39.2 Å². The van der Waals surface area contributed by atoms with Crippen molar-refractivity contribution in [3.63, 3.8) is 0 Å². The van der Waals surface area contributed by atoms with Gasteiger partial charge in [0.15, 0.2) is 0 Å². The van der Waals surface area contributed by atoms with E-state index in [9.17, 15) is 9.59 Å². The Balaban J connectivity index is 0. The van der Waals surface area contributed by atoms with E-state index in [1.807, 2.05) is 0 Å². The van der Waals surface area contributed by atoms with Gasteiger partial charge in [-0.15, -0.1) is 0 Å². The van der Waals surface area contributed by atoms with Crippen LogP contribution in [0.3, 0.4) is 0 Å². The Labute approximate surface area is 84.4 Å². The van der Waals surface area contributed by atoms with Crippen molar-refractivity contribution in [2.75, 3.05) is 6.61 Å². The molecule has 11 heavy (non-hydrogen) atoms. The topological polar surface area (TPSA) is 63.6 Å². The first-order valence-electron chi connectivity index (χ1n) is 2.74. The number of carbonyl (C=O) groups excluding carboxylic acids is 1. The van der Waals surface area contributed by atoms with E-state index in [-0.39, 0.29) is 33.9 Å². The zero-order valence-corrected chi connectivity index (χ0v) is 10.6. The minimum atomic E-state index is -1.16. The van der Waals surface area contributed by atoms with Crippen LogP contribution in [0.1, 0.15) is 6.92 Å². The molecule has 1 radical (unpaired) electrons. The van der Waals surface area contributed by atoms with E-state index in [2.05, 4.69) is 4.74 Å². The zero-order valence-electron chi connectivity index (χ0n) is 6.11. The van der Waals surface area contributed by atoms with Crippen LogP contribution in [0.25, 0.3) is 0 Å². The fourth-order valence-corrected chi connectivity index (χ4v) is 0.330. The van der Waals surface area contributed by atoms with Crippen LogP contribution >= 0.6 is 0 Å². The van der Waals surface area contributed by atoms with Crippen LogP contribution < -0.4 is 0 Å². The van der Waals surface area contributed by atoms with Crippen molar-refractivity contribution in [2.45, 2.75) is 6.92 Å². The Morgan fingerprint density at radius 2 is 2.00 bits per heavy atom. The maximum absolute atomic E-state index is 10.4. The minimum Gasteiger partial charge on any atom is -0.478 e. The first-order chi connectivity index (χ1) is 4.66. The van der Waals surface area contributed by atoms with Gasteiger partial charge in [0.2, 0.25) is 0 Å². The first-order valence-corrected chi connectivity index (χ1v) is 2.74. The monoisotopic (exact) mass is 349 g/mol. The van der Waals surface area contributed by atoms with Gasteiger partial charge in [0.25, 0.3) is 0 Å². The molecule has 0 rings (SSSR count). The molecule has 0 unspecified atom stereocenters. The van der Waals surface area contributed by atoms with Gasteiger partial charge < -0.3 is 9.84 Å². The quantitative estimate of drug-likeness (QED) is 0.436. The second-order valence-electron chi connectivity index (χ2n) is 1.42. The third-order valence-electron chi connectivity index (χ3n) is 0.649. The molecule has 0 atom stereocenters. The van der Waals surface area contributed by atoms with Crippen molar-refractivity contribution < 1.29 is 19.4 Å².